The van der Waals surface area contributed by atoms with Crippen molar-refractivity contribution in [1.82, 2.24) is 15.1 Å². The van der Waals surface area contributed by atoms with Crippen LogP contribution >= 0.6 is 23.2 Å². The fraction of sp³-hybridized carbons (Fsp3) is 0.412. The number of aromatic nitrogens is 2. The molecule has 1 aromatic heterocycles. The second kappa shape index (κ2) is 8.67. The molecule has 1 aliphatic rings. The Morgan fingerprint density at radius 3 is 2.84 bits per heavy atom. The lowest BCUT2D eigenvalue weighted by Gasteiger charge is -2.26. The average Bonchev–Trinajstić information content (AvgIpc) is 3.04. The van der Waals surface area contributed by atoms with E-state index in [9.17, 15) is 4.79 Å². The molecule has 0 atom stereocenters. The summed E-state index contributed by atoms with van der Waals surface area (Å²) in [7, 11) is 0. The summed E-state index contributed by atoms with van der Waals surface area (Å²) in [6, 6.07) is 7.00. The lowest BCUT2D eigenvalue weighted by Crippen LogP contribution is -2.37. The summed E-state index contributed by atoms with van der Waals surface area (Å²) in [5, 5.41) is 10.9. The molecule has 1 amide bonds. The standard InChI is InChI=1S/C17H20Cl2N4O2/c18-12-3-4-13(14(19)10-12)15-11-16(22-21-15)20-17(24)2-1-5-23-6-8-25-9-7-23/h3-4,10-11H,1-2,5-9H2,(H2,20,21,22,24). The molecule has 2 aromatic rings. The van der Waals surface area contributed by atoms with Crippen LogP contribution in [0.1, 0.15) is 12.8 Å². The molecule has 1 fully saturated rings. The minimum absolute atomic E-state index is 0.0477. The van der Waals surface area contributed by atoms with Crippen LogP contribution in [0.25, 0.3) is 11.3 Å². The van der Waals surface area contributed by atoms with Crippen molar-refractivity contribution in [3.8, 4) is 11.3 Å². The van der Waals surface area contributed by atoms with Crippen molar-refractivity contribution >= 4 is 34.9 Å². The smallest absolute Gasteiger partial charge is 0.225 e. The topological polar surface area (TPSA) is 70.2 Å². The number of carbonyl (C=O) groups is 1. The molecule has 0 aliphatic carbocycles. The Balaban J connectivity index is 1.49. The van der Waals surface area contributed by atoms with Crippen LogP contribution in [0.2, 0.25) is 10.0 Å². The Hall–Kier alpha value is -1.60. The number of halogens is 2. The maximum atomic E-state index is 12.1. The fourth-order valence-corrected chi connectivity index (χ4v) is 3.24. The van der Waals surface area contributed by atoms with Gasteiger partial charge in [0.25, 0.3) is 0 Å². The highest BCUT2D eigenvalue weighted by Gasteiger charge is 2.12. The minimum atomic E-state index is -0.0477. The minimum Gasteiger partial charge on any atom is -0.379 e. The van der Waals surface area contributed by atoms with Gasteiger partial charge in [0.1, 0.15) is 0 Å². The Morgan fingerprint density at radius 1 is 1.28 bits per heavy atom. The predicted molar refractivity (Wildman–Crippen MR) is 99.2 cm³/mol. The lowest BCUT2D eigenvalue weighted by atomic mass is 10.1. The van der Waals surface area contributed by atoms with E-state index in [0.29, 0.717) is 22.3 Å². The van der Waals surface area contributed by atoms with Gasteiger partial charge < -0.3 is 10.1 Å². The molecule has 0 unspecified atom stereocenters. The quantitative estimate of drug-likeness (QED) is 0.802. The van der Waals surface area contributed by atoms with Gasteiger partial charge in [0.05, 0.1) is 23.9 Å². The highest BCUT2D eigenvalue weighted by atomic mass is 35.5. The van der Waals surface area contributed by atoms with Gasteiger partial charge in [-0.05, 0) is 31.2 Å². The molecular formula is C17H20Cl2N4O2. The van der Waals surface area contributed by atoms with Crippen molar-refractivity contribution in [3.63, 3.8) is 0 Å². The van der Waals surface area contributed by atoms with Crippen LogP contribution in [0.4, 0.5) is 5.82 Å². The van der Waals surface area contributed by atoms with E-state index in [1.54, 1.807) is 18.2 Å². The van der Waals surface area contributed by atoms with E-state index in [2.05, 4.69) is 20.4 Å². The maximum Gasteiger partial charge on any atom is 0.225 e. The Kier molecular flexibility index (Phi) is 6.31. The number of aromatic amines is 1. The van der Waals surface area contributed by atoms with Gasteiger partial charge in [-0.2, -0.15) is 5.10 Å². The Morgan fingerprint density at radius 2 is 2.08 bits per heavy atom. The van der Waals surface area contributed by atoms with E-state index in [-0.39, 0.29) is 5.91 Å². The summed E-state index contributed by atoms with van der Waals surface area (Å²) in [5.74, 6) is 0.436. The molecular weight excluding hydrogens is 363 g/mol. The molecule has 2 heterocycles. The number of anilines is 1. The molecule has 134 valence electrons. The SMILES string of the molecule is O=C(CCCN1CCOCC1)Nc1cc(-c2ccc(Cl)cc2Cl)[nH]n1. The van der Waals surface area contributed by atoms with E-state index in [1.807, 2.05) is 6.07 Å². The third kappa shape index (κ3) is 5.19. The largest absolute Gasteiger partial charge is 0.379 e. The number of H-pyrrole nitrogens is 1. The number of hydrogen-bond donors (Lipinski definition) is 2. The number of nitrogens with zero attached hydrogens (tertiary/aromatic N) is 2. The van der Waals surface area contributed by atoms with Crippen LogP contribution in [0.15, 0.2) is 24.3 Å². The number of carbonyl (C=O) groups excluding carboxylic acids is 1. The zero-order valence-corrected chi connectivity index (χ0v) is 15.2. The Bertz CT molecular complexity index is 729. The number of amides is 1. The van der Waals surface area contributed by atoms with Crippen LogP contribution < -0.4 is 5.32 Å². The van der Waals surface area contributed by atoms with E-state index in [1.165, 1.54) is 0 Å². The number of hydrogen-bond acceptors (Lipinski definition) is 4. The maximum absolute atomic E-state index is 12.1. The van der Waals surface area contributed by atoms with Gasteiger partial charge in [-0.3, -0.25) is 14.8 Å². The average molecular weight is 383 g/mol. The first-order chi connectivity index (χ1) is 12.1. The number of ether oxygens (including phenoxy) is 1. The van der Waals surface area contributed by atoms with Crippen LogP contribution in [-0.4, -0.2) is 53.9 Å². The van der Waals surface area contributed by atoms with Crippen molar-refractivity contribution in [2.75, 3.05) is 38.2 Å². The van der Waals surface area contributed by atoms with Crippen molar-refractivity contribution in [2.24, 2.45) is 0 Å². The second-order valence-electron chi connectivity index (χ2n) is 5.90. The molecule has 1 aliphatic heterocycles. The molecule has 2 N–H and O–H groups in total. The van der Waals surface area contributed by atoms with Crippen molar-refractivity contribution in [3.05, 3.63) is 34.3 Å². The molecule has 0 radical (unpaired) electrons. The first kappa shape index (κ1) is 18.2. The van der Waals surface area contributed by atoms with Crippen LogP contribution in [0, 0.1) is 0 Å². The van der Waals surface area contributed by atoms with E-state index in [4.69, 9.17) is 27.9 Å². The van der Waals surface area contributed by atoms with Gasteiger partial charge in [-0.25, -0.2) is 0 Å². The summed E-state index contributed by atoms with van der Waals surface area (Å²) in [5.41, 5.74) is 1.51. The monoisotopic (exact) mass is 382 g/mol. The van der Waals surface area contributed by atoms with Gasteiger partial charge in [0.15, 0.2) is 5.82 Å². The molecule has 1 saturated heterocycles. The lowest BCUT2D eigenvalue weighted by molar-refractivity contribution is -0.116. The van der Waals surface area contributed by atoms with Gasteiger partial charge in [-0.15, -0.1) is 0 Å². The predicted octanol–water partition coefficient (Wildman–Crippen LogP) is 3.43. The first-order valence-electron chi connectivity index (χ1n) is 8.22. The fourth-order valence-electron chi connectivity index (χ4n) is 2.72. The van der Waals surface area contributed by atoms with Gasteiger partial charge in [-0.1, -0.05) is 23.2 Å². The molecule has 0 spiro atoms. The molecule has 8 heteroatoms. The Labute approximate surface area is 156 Å². The molecule has 0 bridgehead atoms. The van der Waals surface area contributed by atoms with E-state index in [0.717, 1.165) is 50.5 Å². The van der Waals surface area contributed by atoms with Crippen LogP contribution in [-0.2, 0) is 9.53 Å². The normalized spacial score (nSPS) is 15.3. The summed E-state index contributed by atoms with van der Waals surface area (Å²) < 4.78 is 5.31. The molecule has 1 aromatic carbocycles. The zero-order chi connectivity index (χ0) is 17.6. The van der Waals surface area contributed by atoms with Crippen molar-refractivity contribution in [1.29, 1.82) is 0 Å². The van der Waals surface area contributed by atoms with Crippen LogP contribution in [0.5, 0.6) is 0 Å². The first-order valence-corrected chi connectivity index (χ1v) is 8.98. The van der Waals surface area contributed by atoms with Gasteiger partial charge >= 0.3 is 0 Å². The van der Waals surface area contributed by atoms with Crippen molar-refractivity contribution in [2.45, 2.75) is 12.8 Å². The molecule has 6 nitrogen and oxygen atoms in total. The summed E-state index contributed by atoms with van der Waals surface area (Å²) >= 11 is 12.1. The van der Waals surface area contributed by atoms with E-state index >= 15 is 0 Å². The highest BCUT2D eigenvalue weighted by molar-refractivity contribution is 6.36. The summed E-state index contributed by atoms with van der Waals surface area (Å²) in [6.45, 7) is 4.33. The zero-order valence-electron chi connectivity index (χ0n) is 13.7. The van der Waals surface area contributed by atoms with Gasteiger partial charge in [0.2, 0.25) is 5.91 Å². The highest BCUT2D eigenvalue weighted by Crippen LogP contribution is 2.30. The van der Waals surface area contributed by atoms with Gasteiger partial charge in [0, 0.05) is 36.2 Å². The number of benzene rings is 1. The van der Waals surface area contributed by atoms with E-state index < -0.39 is 0 Å². The summed E-state index contributed by atoms with van der Waals surface area (Å²) in [4.78, 5) is 14.4. The summed E-state index contributed by atoms with van der Waals surface area (Å²) in [6.07, 6.45) is 1.27. The van der Waals surface area contributed by atoms with Crippen molar-refractivity contribution < 1.29 is 9.53 Å². The molecule has 3 rings (SSSR count). The number of rotatable bonds is 6. The third-order valence-corrected chi connectivity index (χ3v) is 4.60. The van der Waals surface area contributed by atoms with Crippen LogP contribution in [0.3, 0.4) is 0 Å². The second-order valence-corrected chi connectivity index (χ2v) is 6.74. The number of nitrogens with one attached hydrogen (secondary N) is 2. The molecule has 0 saturated carbocycles. The molecule has 25 heavy (non-hydrogen) atoms. The number of morpholine rings is 1. The third-order valence-electron chi connectivity index (χ3n) is 4.05.